The minimum atomic E-state index is -0.819. The lowest BCUT2D eigenvalue weighted by Crippen LogP contribution is -2.55. The van der Waals surface area contributed by atoms with E-state index >= 15 is 0 Å². The van der Waals surface area contributed by atoms with E-state index in [1.807, 2.05) is 23.6 Å². The minimum absolute atomic E-state index is 0.00966. The highest BCUT2D eigenvalue weighted by atomic mass is 32.2. The average Bonchev–Trinajstić information content (AvgIpc) is 3.16. The molecule has 0 saturated carbocycles. The summed E-state index contributed by atoms with van der Waals surface area (Å²) < 4.78 is 0. The second-order valence-corrected chi connectivity index (χ2v) is 7.60. The number of thiophene rings is 1. The van der Waals surface area contributed by atoms with Crippen molar-refractivity contribution in [2.24, 2.45) is 5.92 Å². The fourth-order valence-electron chi connectivity index (χ4n) is 2.53. The van der Waals surface area contributed by atoms with Crippen molar-refractivity contribution in [1.82, 2.24) is 10.6 Å². The van der Waals surface area contributed by atoms with E-state index in [0.29, 0.717) is 5.69 Å². The Morgan fingerprint density at radius 3 is 2.85 bits per heavy atom. The summed E-state index contributed by atoms with van der Waals surface area (Å²) in [7, 11) is 0. The van der Waals surface area contributed by atoms with Crippen molar-refractivity contribution in [3.8, 4) is 11.8 Å². The number of anilines is 1. The second-order valence-electron chi connectivity index (χ2n) is 5.53. The number of carbonyl (C=O) groups excluding carboxylic acids is 2. The number of carbonyl (C=O) groups is 2. The van der Waals surface area contributed by atoms with Gasteiger partial charge in [0, 0.05) is 4.88 Å². The molecule has 1 fully saturated rings. The van der Waals surface area contributed by atoms with Gasteiger partial charge < -0.3 is 15.7 Å². The topological polar surface area (TPSA) is 114 Å². The Bertz CT molecular complexity index is 835. The summed E-state index contributed by atoms with van der Waals surface area (Å²) in [6.07, 6.45) is 0. The van der Waals surface area contributed by atoms with Gasteiger partial charge in [-0.05, 0) is 23.6 Å². The Morgan fingerprint density at radius 1 is 1.35 bits per heavy atom. The van der Waals surface area contributed by atoms with Crippen LogP contribution in [0.1, 0.15) is 10.9 Å². The summed E-state index contributed by atoms with van der Waals surface area (Å²) in [5.41, 5.74) is -0.158. The Hall–Kier alpha value is -2.54. The van der Waals surface area contributed by atoms with E-state index in [0.717, 1.165) is 4.88 Å². The standard InChI is InChI=1S/C17H16N4O3S2/c18-8-10-15(13-6-3-7-25-13)20-17(21-16(10)24)26-9-14(23)19-11-4-1-2-5-12(11)22/h1-7,10,15,17,20,22H,9H2,(H,19,23)(H,21,24). The Balaban J connectivity index is 1.60. The third-order valence-electron chi connectivity index (χ3n) is 3.77. The molecular weight excluding hydrogens is 372 g/mol. The maximum atomic E-state index is 12.2. The van der Waals surface area contributed by atoms with Crippen LogP contribution >= 0.6 is 23.1 Å². The van der Waals surface area contributed by atoms with Crippen molar-refractivity contribution in [2.45, 2.75) is 11.5 Å². The van der Waals surface area contributed by atoms with Gasteiger partial charge in [-0.2, -0.15) is 5.26 Å². The predicted molar refractivity (Wildman–Crippen MR) is 100 cm³/mol. The van der Waals surface area contributed by atoms with Crippen LogP contribution in [0.5, 0.6) is 5.75 Å². The zero-order valence-corrected chi connectivity index (χ0v) is 15.1. The number of hydrogen-bond donors (Lipinski definition) is 4. The number of phenolic OH excluding ortho intramolecular Hbond substituents is 1. The number of hydrogen-bond acceptors (Lipinski definition) is 7. The third kappa shape index (κ3) is 4.16. The molecule has 1 aromatic heterocycles. The van der Waals surface area contributed by atoms with Crippen LogP contribution in [0, 0.1) is 17.2 Å². The number of nitriles is 1. The van der Waals surface area contributed by atoms with Crippen molar-refractivity contribution in [3.05, 3.63) is 46.7 Å². The van der Waals surface area contributed by atoms with E-state index in [1.165, 1.54) is 29.2 Å². The first kappa shape index (κ1) is 18.3. The van der Waals surface area contributed by atoms with Gasteiger partial charge in [0.05, 0.1) is 23.6 Å². The molecule has 4 N–H and O–H groups in total. The van der Waals surface area contributed by atoms with Crippen LogP contribution in [0.15, 0.2) is 41.8 Å². The van der Waals surface area contributed by atoms with Gasteiger partial charge in [0.1, 0.15) is 17.2 Å². The van der Waals surface area contributed by atoms with Gasteiger partial charge in [-0.15, -0.1) is 23.1 Å². The van der Waals surface area contributed by atoms with E-state index in [1.54, 1.807) is 18.2 Å². The molecular formula is C17H16N4O3S2. The number of para-hydroxylation sites is 2. The molecule has 9 heteroatoms. The number of amides is 2. The number of rotatable bonds is 5. The zero-order chi connectivity index (χ0) is 18.5. The quantitative estimate of drug-likeness (QED) is 0.583. The van der Waals surface area contributed by atoms with Gasteiger partial charge in [-0.25, -0.2) is 0 Å². The molecule has 134 valence electrons. The number of aromatic hydroxyl groups is 1. The number of nitrogens with zero attached hydrogens (tertiary/aromatic N) is 1. The third-order valence-corrected chi connectivity index (χ3v) is 5.74. The lowest BCUT2D eigenvalue weighted by atomic mass is 9.97. The molecule has 0 radical (unpaired) electrons. The molecule has 3 unspecified atom stereocenters. The predicted octanol–water partition coefficient (Wildman–Crippen LogP) is 2.01. The van der Waals surface area contributed by atoms with Gasteiger partial charge in [0.15, 0.2) is 0 Å². The van der Waals surface area contributed by atoms with Crippen LogP contribution in [0.2, 0.25) is 0 Å². The molecule has 3 rings (SSSR count). The van der Waals surface area contributed by atoms with Gasteiger partial charge in [0.2, 0.25) is 11.8 Å². The van der Waals surface area contributed by atoms with E-state index in [-0.39, 0.29) is 23.3 Å². The Kier molecular flexibility index (Phi) is 5.78. The van der Waals surface area contributed by atoms with Crippen LogP contribution in [0.4, 0.5) is 5.69 Å². The molecule has 2 amide bonds. The monoisotopic (exact) mass is 388 g/mol. The summed E-state index contributed by atoms with van der Waals surface area (Å²) in [6, 6.07) is 11.8. The van der Waals surface area contributed by atoms with E-state index in [9.17, 15) is 20.0 Å². The average molecular weight is 388 g/mol. The van der Waals surface area contributed by atoms with Crippen molar-refractivity contribution in [2.75, 3.05) is 11.1 Å². The first-order chi connectivity index (χ1) is 12.6. The van der Waals surface area contributed by atoms with Crippen LogP contribution < -0.4 is 16.0 Å². The second kappa shape index (κ2) is 8.23. The van der Waals surface area contributed by atoms with Crippen LogP contribution in [0.3, 0.4) is 0 Å². The molecule has 1 saturated heterocycles. The molecule has 2 aromatic rings. The highest BCUT2D eigenvalue weighted by Crippen LogP contribution is 2.31. The molecule has 7 nitrogen and oxygen atoms in total. The highest BCUT2D eigenvalue weighted by molar-refractivity contribution is 8.00. The lowest BCUT2D eigenvalue weighted by molar-refractivity contribution is -0.126. The summed E-state index contributed by atoms with van der Waals surface area (Å²) in [6.45, 7) is 0. The van der Waals surface area contributed by atoms with Crippen molar-refractivity contribution in [3.63, 3.8) is 0 Å². The van der Waals surface area contributed by atoms with Crippen molar-refractivity contribution < 1.29 is 14.7 Å². The molecule has 0 aliphatic carbocycles. The molecule has 0 bridgehead atoms. The largest absolute Gasteiger partial charge is 0.506 e. The van der Waals surface area contributed by atoms with Gasteiger partial charge in [0.25, 0.3) is 0 Å². The van der Waals surface area contributed by atoms with Crippen LogP contribution in [-0.2, 0) is 9.59 Å². The first-order valence-corrected chi connectivity index (χ1v) is 9.70. The summed E-state index contributed by atoms with van der Waals surface area (Å²) in [5.74, 6) is -1.42. The maximum absolute atomic E-state index is 12.2. The molecule has 1 aliphatic rings. The maximum Gasteiger partial charge on any atom is 0.241 e. The number of phenols is 1. The number of benzene rings is 1. The molecule has 3 atom stereocenters. The number of nitrogens with one attached hydrogen (secondary N) is 3. The summed E-state index contributed by atoms with van der Waals surface area (Å²) in [4.78, 5) is 25.2. The summed E-state index contributed by atoms with van der Waals surface area (Å²) >= 11 is 2.68. The van der Waals surface area contributed by atoms with Crippen molar-refractivity contribution in [1.29, 1.82) is 5.26 Å². The number of thioether (sulfide) groups is 1. The van der Waals surface area contributed by atoms with Gasteiger partial charge in [-0.1, -0.05) is 18.2 Å². The first-order valence-electron chi connectivity index (χ1n) is 7.77. The molecule has 2 heterocycles. The zero-order valence-electron chi connectivity index (χ0n) is 13.5. The van der Waals surface area contributed by atoms with Gasteiger partial charge >= 0.3 is 0 Å². The molecule has 0 spiro atoms. The SMILES string of the molecule is N#CC1C(=O)NC(SCC(=O)Nc2ccccc2O)NC1c1cccs1. The van der Waals surface area contributed by atoms with E-state index in [2.05, 4.69) is 16.0 Å². The normalized spacial score (nSPS) is 22.3. The Morgan fingerprint density at radius 2 is 2.15 bits per heavy atom. The lowest BCUT2D eigenvalue weighted by Gasteiger charge is -2.33. The minimum Gasteiger partial charge on any atom is -0.506 e. The molecule has 1 aromatic carbocycles. The molecule has 1 aliphatic heterocycles. The van der Waals surface area contributed by atoms with Gasteiger partial charge in [-0.3, -0.25) is 14.9 Å². The highest BCUT2D eigenvalue weighted by Gasteiger charge is 2.37. The molecule has 26 heavy (non-hydrogen) atoms. The smallest absolute Gasteiger partial charge is 0.241 e. The van der Waals surface area contributed by atoms with Crippen molar-refractivity contribution >= 4 is 40.6 Å². The summed E-state index contributed by atoms with van der Waals surface area (Å²) in [5, 5.41) is 29.4. The van der Waals surface area contributed by atoms with E-state index in [4.69, 9.17) is 0 Å². The van der Waals surface area contributed by atoms with Crippen LogP contribution in [0.25, 0.3) is 0 Å². The fraction of sp³-hybridized carbons (Fsp3) is 0.235. The fourth-order valence-corrected chi connectivity index (χ4v) is 4.19. The van der Waals surface area contributed by atoms with Crippen LogP contribution in [-0.4, -0.2) is 28.2 Å². The Labute approximate surface area is 158 Å². The van der Waals surface area contributed by atoms with E-state index < -0.39 is 17.5 Å².